The number of nitrogens with zero attached hydrogens (tertiary/aromatic N) is 2. The van der Waals surface area contributed by atoms with E-state index in [2.05, 4.69) is 15.4 Å². The van der Waals surface area contributed by atoms with Crippen LogP contribution in [0.15, 0.2) is 30.5 Å². The largest absolute Gasteiger partial charge is 0.366 e. The van der Waals surface area contributed by atoms with Crippen LogP contribution < -0.4 is 5.73 Å². The minimum absolute atomic E-state index is 0.434. The molecule has 0 spiro atoms. The lowest BCUT2D eigenvalue weighted by Gasteiger charge is -1.97. The predicted molar refractivity (Wildman–Crippen MR) is 50.3 cm³/mol. The van der Waals surface area contributed by atoms with Crippen LogP contribution in [-0.4, -0.2) is 21.3 Å². The second-order valence-electron chi connectivity index (χ2n) is 2.80. The van der Waals surface area contributed by atoms with E-state index in [1.54, 1.807) is 30.5 Å². The highest BCUT2D eigenvalue weighted by atomic mass is 16.1. The van der Waals surface area contributed by atoms with E-state index in [4.69, 9.17) is 5.73 Å². The smallest absolute Gasteiger partial charge is 0.248 e. The van der Waals surface area contributed by atoms with Crippen LogP contribution in [0, 0.1) is 0 Å². The monoisotopic (exact) mass is 188 g/mol. The molecule has 0 fully saturated rings. The molecule has 70 valence electrons. The van der Waals surface area contributed by atoms with Gasteiger partial charge in [-0.3, -0.25) is 4.79 Å². The minimum atomic E-state index is -0.434. The Bertz CT molecular complexity index is 432. The van der Waals surface area contributed by atoms with Crippen LogP contribution in [0.3, 0.4) is 0 Å². The first kappa shape index (κ1) is 8.43. The zero-order valence-electron chi connectivity index (χ0n) is 7.27. The summed E-state index contributed by atoms with van der Waals surface area (Å²) in [5, 5.41) is 10.1. The Morgan fingerprint density at radius 2 is 2.00 bits per heavy atom. The summed E-state index contributed by atoms with van der Waals surface area (Å²) in [6.45, 7) is 0. The number of aromatic nitrogens is 3. The molecule has 0 aliphatic rings. The molecule has 0 bridgehead atoms. The van der Waals surface area contributed by atoms with Crippen molar-refractivity contribution < 1.29 is 4.79 Å². The highest BCUT2D eigenvalue weighted by molar-refractivity contribution is 5.93. The summed E-state index contributed by atoms with van der Waals surface area (Å²) in [6, 6.07) is 6.87. The van der Waals surface area contributed by atoms with E-state index < -0.39 is 5.91 Å². The molecule has 0 radical (unpaired) electrons. The molecule has 3 N–H and O–H groups in total. The van der Waals surface area contributed by atoms with Crippen molar-refractivity contribution in [2.75, 3.05) is 0 Å². The molecule has 0 saturated carbocycles. The van der Waals surface area contributed by atoms with Crippen molar-refractivity contribution in [1.29, 1.82) is 0 Å². The third-order valence-corrected chi connectivity index (χ3v) is 1.88. The quantitative estimate of drug-likeness (QED) is 0.722. The number of carbonyl (C=O) groups excluding carboxylic acids is 1. The number of nitrogens with one attached hydrogen (secondary N) is 1. The van der Waals surface area contributed by atoms with Gasteiger partial charge in [-0.15, -0.1) is 0 Å². The fraction of sp³-hybridized carbons (Fsp3) is 0. The molecule has 5 heteroatoms. The summed E-state index contributed by atoms with van der Waals surface area (Å²) < 4.78 is 0. The molecule has 0 saturated heterocycles. The first-order valence-corrected chi connectivity index (χ1v) is 4.03. The van der Waals surface area contributed by atoms with Crippen molar-refractivity contribution in [3.05, 3.63) is 36.0 Å². The number of rotatable bonds is 2. The fourth-order valence-electron chi connectivity index (χ4n) is 1.15. The summed E-state index contributed by atoms with van der Waals surface area (Å²) in [4.78, 5) is 10.8. The summed E-state index contributed by atoms with van der Waals surface area (Å²) >= 11 is 0. The number of hydrogen-bond acceptors (Lipinski definition) is 3. The minimum Gasteiger partial charge on any atom is -0.366 e. The Labute approximate surface area is 79.9 Å². The molecule has 0 atom stereocenters. The predicted octanol–water partition coefficient (Wildman–Crippen LogP) is 0.571. The van der Waals surface area contributed by atoms with Crippen LogP contribution >= 0.6 is 0 Å². The van der Waals surface area contributed by atoms with Crippen LogP contribution in [0.2, 0.25) is 0 Å². The first-order valence-electron chi connectivity index (χ1n) is 4.03. The molecular weight excluding hydrogens is 180 g/mol. The second-order valence-corrected chi connectivity index (χ2v) is 2.80. The number of hydrogen-bond donors (Lipinski definition) is 2. The van der Waals surface area contributed by atoms with Gasteiger partial charge in [0.1, 0.15) is 5.69 Å². The topological polar surface area (TPSA) is 84.7 Å². The molecule has 0 aliphatic carbocycles. The third kappa shape index (κ3) is 1.47. The van der Waals surface area contributed by atoms with Crippen molar-refractivity contribution in [3.63, 3.8) is 0 Å². The number of primary amides is 1. The van der Waals surface area contributed by atoms with Crippen molar-refractivity contribution in [2.45, 2.75) is 0 Å². The van der Waals surface area contributed by atoms with Crippen molar-refractivity contribution in [1.82, 2.24) is 15.4 Å². The van der Waals surface area contributed by atoms with Crippen LogP contribution in [0.25, 0.3) is 11.3 Å². The van der Waals surface area contributed by atoms with E-state index in [-0.39, 0.29) is 0 Å². The Balaban J connectivity index is 2.36. The van der Waals surface area contributed by atoms with Crippen LogP contribution in [0.4, 0.5) is 0 Å². The zero-order valence-corrected chi connectivity index (χ0v) is 7.27. The van der Waals surface area contributed by atoms with E-state index in [0.717, 1.165) is 11.3 Å². The van der Waals surface area contributed by atoms with Crippen molar-refractivity contribution in [3.8, 4) is 11.3 Å². The zero-order chi connectivity index (χ0) is 9.97. The van der Waals surface area contributed by atoms with Gasteiger partial charge in [0, 0.05) is 11.1 Å². The Hall–Kier alpha value is -2.17. The van der Waals surface area contributed by atoms with Gasteiger partial charge in [0.2, 0.25) is 5.91 Å². The maximum atomic E-state index is 10.8. The standard InChI is InChI=1S/C9H8N4O/c10-9(14)7-3-1-6(2-4-7)8-5-11-13-12-8/h1-5H,(H2,10,14)(H,11,12,13). The van der Waals surface area contributed by atoms with Crippen LogP contribution in [-0.2, 0) is 0 Å². The van der Waals surface area contributed by atoms with Gasteiger partial charge < -0.3 is 5.73 Å². The Morgan fingerprint density at radius 1 is 1.29 bits per heavy atom. The molecule has 1 aromatic heterocycles. The fourth-order valence-corrected chi connectivity index (χ4v) is 1.15. The summed E-state index contributed by atoms with van der Waals surface area (Å²) in [6.07, 6.45) is 1.61. The van der Waals surface area contributed by atoms with Gasteiger partial charge in [-0.2, -0.15) is 15.4 Å². The lowest BCUT2D eigenvalue weighted by molar-refractivity contribution is 0.100. The molecule has 0 aliphatic heterocycles. The molecule has 0 unspecified atom stereocenters. The van der Waals surface area contributed by atoms with Gasteiger partial charge in [0.05, 0.1) is 6.20 Å². The lowest BCUT2D eigenvalue weighted by Crippen LogP contribution is -2.10. The lowest BCUT2D eigenvalue weighted by atomic mass is 10.1. The maximum Gasteiger partial charge on any atom is 0.248 e. The molecule has 1 aromatic carbocycles. The number of amides is 1. The van der Waals surface area contributed by atoms with E-state index >= 15 is 0 Å². The summed E-state index contributed by atoms with van der Waals surface area (Å²) in [5.41, 5.74) is 7.22. The van der Waals surface area contributed by atoms with Gasteiger partial charge in [-0.1, -0.05) is 12.1 Å². The third-order valence-electron chi connectivity index (χ3n) is 1.88. The summed E-state index contributed by atoms with van der Waals surface area (Å²) in [5.74, 6) is -0.434. The van der Waals surface area contributed by atoms with Gasteiger partial charge in [-0.05, 0) is 12.1 Å². The van der Waals surface area contributed by atoms with Gasteiger partial charge in [0.25, 0.3) is 0 Å². The molecular formula is C9H8N4O. The van der Waals surface area contributed by atoms with E-state index in [9.17, 15) is 4.79 Å². The molecule has 14 heavy (non-hydrogen) atoms. The Kier molecular flexibility index (Phi) is 1.98. The number of carbonyl (C=O) groups is 1. The average Bonchev–Trinajstić information content (AvgIpc) is 2.71. The second kappa shape index (κ2) is 3.29. The van der Waals surface area contributed by atoms with Crippen molar-refractivity contribution in [2.24, 2.45) is 5.73 Å². The molecule has 2 aromatic rings. The highest BCUT2D eigenvalue weighted by Gasteiger charge is 2.02. The molecule has 1 heterocycles. The van der Waals surface area contributed by atoms with Crippen molar-refractivity contribution >= 4 is 5.91 Å². The van der Waals surface area contributed by atoms with E-state index in [1.807, 2.05) is 0 Å². The highest BCUT2D eigenvalue weighted by Crippen LogP contribution is 2.15. The average molecular weight is 188 g/mol. The normalized spacial score (nSPS) is 10.0. The van der Waals surface area contributed by atoms with Crippen LogP contribution in [0.5, 0.6) is 0 Å². The number of nitrogens with two attached hydrogens (primary N) is 1. The molecule has 1 amide bonds. The SMILES string of the molecule is NC(=O)c1ccc(-c2cn[nH]n2)cc1. The number of aromatic amines is 1. The number of H-pyrrole nitrogens is 1. The first-order chi connectivity index (χ1) is 6.77. The van der Waals surface area contributed by atoms with Gasteiger partial charge >= 0.3 is 0 Å². The number of benzene rings is 1. The van der Waals surface area contributed by atoms with Crippen LogP contribution in [0.1, 0.15) is 10.4 Å². The molecule has 5 nitrogen and oxygen atoms in total. The van der Waals surface area contributed by atoms with E-state index in [1.165, 1.54) is 0 Å². The summed E-state index contributed by atoms with van der Waals surface area (Å²) in [7, 11) is 0. The van der Waals surface area contributed by atoms with E-state index in [0.29, 0.717) is 5.56 Å². The maximum absolute atomic E-state index is 10.8. The Morgan fingerprint density at radius 3 is 2.50 bits per heavy atom. The van der Waals surface area contributed by atoms with Gasteiger partial charge in [0.15, 0.2) is 0 Å². The molecule has 2 rings (SSSR count). The van der Waals surface area contributed by atoms with Gasteiger partial charge in [-0.25, -0.2) is 0 Å².